The van der Waals surface area contributed by atoms with Crippen LogP contribution in [0, 0.1) is 0 Å². The van der Waals surface area contributed by atoms with Crippen molar-refractivity contribution in [2.75, 3.05) is 25.6 Å². The minimum absolute atomic E-state index is 0.176. The van der Waals surface area contributed by atoms with Crippen molar-refractivity contribution in [3.8, 4) is 11.5 Å². The van der Waals surface area contributed by atoms with Crippen LogP contribution < -0.4 is 25.4 Å². The third-order valence-corrected chi connectivity index (χ3v) is 3.89. The Morgan fingerprint density at radius 2 is 1.58 bits per heavy atom. The van der Waals surface area contributed by atoms with E-state index in [1.807, 2.05) is 0 Å². The van der Waals surface area contributed by atoms with Crippen molar-refractivity contribution in [1.29, 1.82) is 0 Å². The third kappa shape index (κ3) is 9.30. The maximum atomic E-state index is 12.1. The lowest BCUT2D eigenvalue weighted by molar-refractivity contribution is -0.123. The predicted molar refractivity (Wildman–Crippen MR) is 120 cm³/mol. The lowest BCUT2D eigenvalue weighted by atomic mass is 10.1. The zero-order valence-corrected chi connectivity index (χ0v) is 18.9. The molecule has 0 fully saturated rings. The Labute approximate surface area is 191 Å². The first kappa shape index (κ1) is 25.2. The Balaban J connectivity index is 1.77. The van der Waals surface area contributed by atoms with Gasteiger partial charge in [-0.2, -0.15) is 0 Å². The zero-order valence-electron chi connectivity index (χ0n) is 18.9. The van der Waals surface area contributed by atoms with Crippen LogP contribution in [0.4, 0.5) is 10.5 Å². The topological polar surface area (TPSA) is 132 Å². The molecule has 2 rings (SSSR count). The molecule has 0 heterocycles. The van der Waals surface area contributed by atoms with Crippen molar-refractivity contribution in [1.82, 2.24) is 10.6 Å². The van der Waals surface area contributed by atoms with Gasteiger partial charge in [0.25, 0.3) is 11.8 Å². The van der Waals surface area contributed by atoms with Gasteiger partial charge in [0.2, 0.25) is 0 Å². The molecule has 10 heteroatoms. The summed E-state index contributed by atoms with van der Waals surface area (Å²) in [6, 6.07) is 12.1. The fraction of sp³-hybridized carbons (Fsp3) is 0.304. The van der Waals surface area contributed by atoms with Crippen molar-refractivity contribution >= 4 is 29.5 Å². The van der Waals surface area contributed by atoms with Gasteiger partial charge in [-0.1, -0.05) is 6.07 Å². The van der Waals surface area contributed by atoms with Crippen molar-refractivity contribution in [2.24, 2.45) is 0 Å². The van der Waals surface area contributed by atoms with Gasteiger partial charge in [0, 0.05) is 17.3 Å². The predicted octanol–water partition coefficient (Wildman–Crippen LogP) is 2.49. The number of hydrogen-bond acceptors (Lipinski definition) is 7. The van der Waals surface area contributed by atoms with Crippen LogP contribution in [-0.2, 0) is 14.3 Å². The molecule has 0 bridgehead atoms. The molecule has 0 aliphatic carbocycles. The fourth-order valence-corrected chi connectivity index (χ4v) is 2.48. The van der Waals surface area contributed by atoms with Gasteiger partial charge in [-0.05, 0) is 57.2 Å². The molecule has 33 heavy (non-hydrogen) atoms. The molecule has 4 amide bonds. The van der Waals surface area contributed by atoms with Crippen LogP contribution >= 0.6 is 0 Å². The number of nitrogens with one attached hydrogen (secondary N) is 3. The quantitative estimate of drug-likeness (QED) is 0.519. The van der Waals surface area contributed by atoms with E-state index in [1.54, 1.807) is 45.0 Å². The van der Waals surface area contributed by atoms with E-state index in [0.717, 1.165) is 0 Å². The maximum Gasteiger partial charge on any atom is 0.338 e. The summed E-state index contributed by atoms with van der Waals surface area (Å²) in [4.78, 5) is 47.5. The van der Waals surface area contributed by atoms with Crippen LogP contribution in [0.3, 0.4) is 0 Å². The first-order valence-corrected chi connectivity index (χ1v) is 10.0. The number of amides is 4. The number of rotatable bonds is 8. The van der Waals surface area contributed by atoms with Crippen LogP contribution in [0.2, 0.25) is 0 Å². The Kier molecular flexibility index (Phi) is 8.79. The Morgan fingerprint density at radius 1 is 0.879 bits per heavy atom. The molecule has 176 valence electrons. The Bertz CT molecular complexity index is 998. The first-order valence-electron chi connectivity index (χ1n) is 10.0. The van der Waals surface area contributed by atoms with Gasteiger partial charge in [-0.25, -0.2) is 9.59 Å². The van der Waals surface area contributed by atoms with Crippen molar-refractivity contribution in [3.05, 3.63) is 54.1 Å². The molecule has 2 aromatic rings. The Hall–Kier alpha value is -4.08. The number of imide groups is 1. The van der Waals surface area contributed by atoms with Crippen LogP contribution in [0.25, 0.3) is 0 Å². The highest BCUT2D eigenvalue weighted by atomic mass is 16.5. The maximum absolute atomic E-state index is 12.1. The molecular weight excluding hydrogens is 430 g/mol. The van der Waals surface area contributed by atoms with E-state index >= 15 is 0 Å². The highest BCUT2D eigenvalue weighted by Gasteiger charge is 2.17. The molecule has 10 nitrogen and oxygen atoms in total. The van der Waals surface area contributed by atoms with Gasteiger partial charge in [0.1, 0.15) is 11.5 Å². The molecule has 0 aliphatic rings. The average Bonchev–Trinajstić information content (AvgIpc) is 2.75. The summed E-state index contributed by atoms with van der Waals surface area (Å²) >= 11 is 0. The average molecular weight is 457 g/mol. The number of hydrogen-bond donors (Lipinski definition) is 3. The fourth-order valence-electron chi connectivity index (χ4n) is 2.48. The molecule has 0 aliphatic heterocycles. The Morgan fingerprint density at radius 3 is 2.21 bits per heavy atom. The second-order valence-electron chi connectivity index (χ2n) is 7.92. The third-order valence-electron chi connectivity index (χ3n) is 3.89. The van der Waals surface area contributed by atoms with Gasteiger partial charge in [0.05, 0.1) is 12.7 Å². The molecule has 3 N–H and O–H groups in total. The normalized spacial score (nSPS) is 10.5. The number of benzene rings is 2. The summed E-state index contributed by atoms with van der Waals surface area (Å²) in [5.74, 6) is -0.894. The van der Waals surface area contributed by atoms with Crippen LogP contribution in [-0.4, -0.2) is 49.7 Å². The molecule has 0 aromatic heterocycles. The summed E-state index contributed by atoms with van der Waals surface area (Å²) in [5, 5.41) is 7.31. The van der Waals surface area contributed by atoms with E-state index in [2.05, 4.69) is 16.0 Å². The van der Waals surface area contributed by atoms with E-state index in [-0.39, 0.29) is 18.1 Å². The number of urea groups is 1. The van der Waals surface area contributed by atoms with E-state index in [4.69, 9.17) is 14.2 Å². The monoisotopic (exact) mass is 457 g/mol. The summed E-state index contributed by atoms with van der Waals surface area (Å²) in [5.41, 5.74) is 0.233. The number of carbonyl (C=O) groups excluding carboxylic acids is 4. The largest absolute Gasteiger partial charge is 0.497 e. The minimum atomic E-state index is -0.757. The molecule has 0 saturated heterocycles. The summed E-state index contributed by atoms with van der Waals surface area (Å²) in [7, 11) is 1.53. The minimum Gasteiger partial charge on any atom is -0.497 e. The molecule has 2 aromatic carbocycles. The number of anilines is 1. The summed E-state index contributed by atoms with van der Waals surface area (Å²) in [6.45, 7) is 4.43. The molecule has 0 saturated carbocycles. The lowest BCUT2D eigenvalue weighted by Crippen LogP contribution is -2.49. The number of esters is 1. The number of carbonyl (C=O) groups is 4. The first-order chi connectivity index (χ1) is 15.6. The SMILES string of the molecule is COc1cccc(NC(=O)COc2ccc(C(=O)OCC(=O)NC(=O)NC(C)(C)C)cc2)c1. The number of ether oxygens (including phenoxy) is 3. The van der Waals surface area contributed by atoms with Gasteiger partial charge < -0.3 is 24.8 Å². The van der Waals surface area contributed by atoms with Gasteiger partial charge >= 0.3 is 12.0 Å². The number of methoxy groups -OCH3 is 1. The smallest absolute Gasteiger partial charge is 0.338 e. The van der Waals surface area contributed by atoms with Gasteiger partial charge in [-0.3, -0.25) is 14.9 Å². The lowest BCUT2D eigenvalue weighted by Gasteiger charge is -2.20. The van der Waals surface area contributed by atoms with Crippen LogP contribution in [0.15, 0.2) is 48.5 Å². The van der Waals surface area contributed by atoms with Crippen molar-refractivity contribution < 1.29 is 33.4 Å². The summed E-state index contributed by atoms with van der Waals surface area (Å²) in [6.07, 6.45) is 0. The van der Waals surface area contributed by atoms with Crippen molar-refractivity contribution in [3.63, 3.8) is 0 Å². The van der Waals surface area contributed by atoms with E-state index in [9.17, 15) is 19.2 Å². The molecule has 0 atom stereocenters. The highest BCUT2D eigenvalue weighted by molar-refractivity contribution is 5.97. The molecule has 0 radical (unpaired) electrons. The van der Waals surface area contributed by atoms with E-state index < -0.39 is 30.1 Å². The molecule has 0 unspecified atom stereocenters. The second kappa shape index (κ2) is 11.5. The van der Waals surface area contributed by atoms with Gasteiger partial charge in [0.15, 0.2) is 13.2 Å². The van der Waals surface area contributed by atoms with Gasteiger partial charge in [-0.15, -0.1) is 0 Å². The highest BCUT2D eigenvalue weighted by Crippen LogP contribution is 2.17. The van der Waals surface area contributed by atoms with Crippen molar-refractivity contribution in [2.45, 2.75) is 26.3 Å². The second-order valence-corrected chi connectivity index (χ2v) is 7.92. The zero-order chi connectivity index (χ0) is 24.4. The van der Waals surface area contributed by atoms with Crippen LogP contribution in [0.5, 0.6) is 11.5 Å². The van der Waals surface area contributed by atoms with E-state index in [0.29, 0.717) is 17.2 Å². The molecule has 0 spiro atoms. The van der Waals surface area contributed by atoms with E-state index in [1.165, 1.54) is 31.4 Å². The standard InChI is InChI=1S/C23H27N3O7/c1-23(2,3)26-22(30)25-20(28)14-33-21(29)15-8-10-17(11-9-15)32-13-19(27)24-16-6-5-7-18(12-16)31-4/h5-12H,13-14H2,1-4H3,(H,24,27)(H2,25,26,28,30). The summed E-state index contributed by atoms with van der Waals surface area (Å²) < 4.78 is 15.4. The van der Waals surface area contributed by atoms with Crippen LogP contribution in [0.1, 0.15) is 31.1 Å². The molecular formula is C23H27N3O7.